The van der Waals surface area contributed by atoms with Gasteiger partial charge in [-0.3, -0.25) is 4.79 Å². The second-order valence-electron chi connectivity index (χ2n) is 5.63. The Morgan fingerprint density at radius 1 is 1.11 bits per heavy atom. The summed E-state index contributed by atoms with van der Waals surface area (Å²) in [6, 6.07) is 6.19. The van der Waals surface area contributed by atoms with E-state index < -0.39 is 0 Å². The van der Waals surface area contributed by atoms with Gasteiger partial charge in [-0.1, -0.05) is 37.8 Å². The maximum Gasteiger partial charge on any atom is 0.144 e. The summed E-state index contributed by atoms with van der Waals surface area (Å²) in [6.07, 6.45) is 6.76. The van der Waals surface area contributed by atoms with Crippen molar-refractivity contribution in [3.05, 3.63) is 35.6 Å². The lowest BCUT2D eigenvalue weighted by molar-refractivity contribution is -0.128. The van der Waals surface area contributed by atoms with E-state index in [-0.39, 0.29) is 17.0 Å². The van der Waals surface area contributed by atoms with Crippen molar-refractivity contribution in [3.8, 4) is 0 Å². The molecule has 0 saturated heterocycles. The lowest BCUT2D eigenvalue weighted by Crippen LogP contribution is -2.39. The predicted molar refractivity (Wildman–Crippen MR) is 74.3 cm³/mol. The van der Waals surface area contributed by atoms with Gasteiger partial charge < -0.3 is 5.73 Å². The van der Waals surface area contributed by atoms with Crippen LogP contribution in [0.4, 0.5) is 4.39 Å². The molecule has 0 bridgehead atoms. The molecule has 1 aromatic carbocycles. The van der Waals surface area contributed by atoms with Crippen molar-refractivity contribution in [3.63, 3.8) is 0 Å². The highest BCUT2D eigenvalue weighted by molar-refractivity contribution is 5.87. The number of carbonyl (C=O) groups is 1. The van der Waals surface area contributed by atoms with Gasteiger partial charge in [0, 0.05) is 18.4 Å². The summed E-state index contributed by atoms with van der Waals surface area (Å²) in [5.74, 6) is -0.0392. The van der Waals surface area contributed by atoms with E-state index >= 15 is 0 Å². The van der Waals surface area contributed by atoms with Crippen LogP contribution in [0.15, 0.2) is 24.3 Å². The average Bonchev–Trinajstić information content (AvgIpc) is 2.67. The maximum absolute atomic E-state index is 12.9. The van der Waals surface area contributed by atoms with Gasteiger partial charge in [-0.15, -0.1) is 0 Å². The Hall–Kier alpha value is -1.22. The number of carbonyl (C=O) groups excluding carboxylic acids is 1. The van der Waals surface area contributed by atoms with E-state index in [9.17, 15) is 9.18 Å². The fourth-order valence-electron chi connectivity index (χ4n) is 2.98. The fraction of sp³-hybridized carbons (Fsp3) is 0.562. The summed E-state index contributed by atoms with van der Waals surface area (Å²) in [6.45, 7) is 0.438. The smallest absolute Gasteiger partial charge is 0.144 e. The number of halogens is 1. The molecule has 1 saturated carbocycles. The standard InChI is InChI=1S/C16H22FNO/c17-14-7-5-13(6-8-14)11-15(19)16(12-18)9-3-1-2-4-10-16/h5-8H,1-4,9-12,18H2. The second kappa shape index (κ2) is 6.29. The van der Waals surface area contributed by atoms with Crippen molar-refractivity contribution in [2.24, 2.45) is 11.1 Å². The van der Waals surface area contributed by atoms with E-state index in [4.69, 9.17) is 5.73 Å². The van der Waals surface area contributed by atoms with Crippen LogP contribution in [0.25, 0.3) is 0 Å². The average molecular weight is 263 g/mol. The number of hydrogen-bond acceptors (Lipinski definition) is 2. The monoisotopic (exact) mass is 263 g/mol. The van der Waals surface area contributed by atoms with E-state index in [0.29, 0.717) is 13.0 Å². The molecule has 0 amide bonds. The van der Waals surface area contributed by atoms with Crippen LogP contribution < -0.4 is 5.73 Å². The molecule has 1 aromatic rings. The highest BCUT2D eigenvalue weighted by atomic mass is 19.1. The molecule has 2 N–H and O–H groups in total. The van der Waals surface area contributed by atoms with Crippen LogP contribution in [0.3, 0.4) is 0 Å². The Kier molecular flexibility index (Phi) is 4.70. The van der Waals surface area contributed by atoms with Crippen molar-refractivity contribution in [2.45, 2.75) is 44.9 Å². The molecule has 104 valence electrons. The van der Waals surface area contributed by atoms with Gasteiger partial charge >= 0.3 is 0 Å². The largest absolute Gasteiger partial charge is 0.329 e. The number of hydrogen-bond donors (Lipinski definition) is 1. The maximum atomic E-state index is 12.9. The lowest BCUT2D eigenvalue weighted by Gasteiger charge is -2.29. The summed E-state index contributed by atoms with van der Waals surface area (Å²) in [5.41, 5.74) is 6.44. The third-order valence-electron chi connectivity index (χ3n) is 4.32. The van der Waals surface area contributed by atoms with Crippen LogP contribution in [-0.4, -0.2) is 12.3 Å². The summed E-state index contributed by atoms with van der Waals surface area (Å²) in [4.78, 5) is 12.6. The van der Waals surface area contributed by atoms with Gasteiger partial charge in [-0.05, 0) is 30.5 Å². The van der Waals surface area contributed by atoms with Crippen LogP contribution in [-0.2, 0) is 11.2 Å². The molecule has 0 atom stereocenters. The minimum absolute atomic E-state index is 0.225. The van der Waals surface area contributed by atoms with Gasteiger partial charge in [0.15, 0.2) is 0 Å². The van der Waals surface area contributed by atoms with E-state index in [2.05, 4.69) is 0 Å². The van der Waals surface area contributed by atoms with Gasteiger partial charge in [-0.25, -0.2) is 4.39 Å². The van der Waals surface area contributed by atoms with E-state index in [1.807, 2.05) is 0 Å². The third kappa shape index (κ3) is 3.41. The molecule has 3 heteroatoms. The Balaban J connectivity index is 2.09. The van der Waals surface area contributed by atoms with Crippen LogP contribution >= 0.6 is 0 Å². The van der Waals surface area contributed by atoms with Crippen molar-refractivity contribution >= 4 is 5.78 Å². The van der Waals surface area contributed by atoms with Crippen LogP contribution in [0, 0.1) is 11.2 Å². The molecule has 19 heavy (non-hydrogen) atoms. The molecule has 0 spiro atoms. The molecule has 0 heterocycles. The van der Waals surface area contributed by atoms with Crippen LogP contribution in [0.2, 0.25) is 0 Å². The number of rotatable bonds is 4. The van der Waals surface area contributed by atoms with Crippen LogP contribution in [0.1, 0.15) is 44.1 Å². The Morgan fingerprint density at radius 3 is 2.21 bits per heavy atom. The van der Waals surface area contributed by atoms with Crippen molar-refractivity contribution in [1.82, 2.24) is 0 Å². The van der Waals surface area contributed by atoms with Gasteiger partial charge in [-0.2, -0.15) is 0 Å². The first-order valence-electron chi connectivity index (χ1n) is 7.14. The Morgan fingerprint density at radius 2 is 1.68 bits per heavy atom. The zero-order valence-electron chi connectivity index (χ0n) is 11.3. The molecule has 0 aliphatic heterocycles. The van der Waals surface area contributed by atoms with Gasteiger partial charge in [0.05, 0.1) is 0 Å². The lowest BCUT2D eigenvalue weighted by atomic mass is 9.75. The Bertz CT molecular complexity index is 419. The minimum Gasteiger partial charge on any atom is -0.329 e. The topological polar surface area (TPSA) is 43.1 Å². The molecule has 0 aromatic heterocycles. The first-order valence-corrected chi connectivity index (χ1v) is 7.14. The molecule has 2 nitrogen and oxygen atoms in total. The number of Topliss-reactive ketones (excluding diaryl/α,β-unsaturated/α-hetero) is 1. The third-order valence-corrected chi connectivity index (χ3v) is 4.32. The molecular weight excluding hydrogens is 241 g/mol. The van der Waals surface area contributed by atoms with Crippen molar-refractivity contribution < 1.29 is 9.18 Å². The fourth-order valence-corrected chi connectivity index (χ4v) is 2.98. The summed E-state index contributed by atoms with van der Waals surface area (Å²) in [5, 5.41) is 0. The first kappa shape index (κ1) is 14.2. The van der Waals surface area contributed by atoms with E-state index in [1.54, 1.807) is 12.1 Å². The Labute approximate surface area is 114 Å². The SMILES string of the molecule is NCC1(C(=O)Cc2ccc(F)cc2)CCCCCC1. The highest BCUT2D eigenvalue weighted by Crippen LogP contribution is 2.35. The molecule has 1 fully saturated rings. The number of benzene rings is 1. The van der Waals surface area contributed by atoms with Gasteiger partial charge in [0.2, 0.25) is 0 Å². The highest BCUT2D eigenvalue weighted by Gasteiger charge is 2.36. The molecule has 1 aliphatic carbocycles. The number of ketones is 1. The van der Waals surface area contributed by atoms with Gasteiger partial charge in [0.1, 0.15) is 11.6 Å². The van der Waals surface area contributed by atoms with Crippen molar-refractivity contribution in [1.29, 1.82) is 0 Å². The van der Waals surface area contributed by atoms with E-state index in [0.717, 1.165) is 31.2 Å². The normalized spacial score (nSPS) is 18.8. The molecule has 0 unspecified atom stereocenters. The first-order chi connectivity index (χ1) is 9.16. The summed E-state index contributed by atoms with van der Waals surface area (Å²) < 4.78 is 12.9. The van der Waals surface area contributed by atoms with Crippen molar-refractivity contribution in [2.75, 3.05) is 6.54 Å². The molecule has 0 radical (unpaired) electrons. The molecule has 2 rings (SSSR count). The van der Waals surface area contributed by atoms with Crippen LogP contribution in [0.5, 0.6) is 0 Å². The minimum atomic E-state index is -0.342. The van der Waals surface area contributed by atoms with Gasteiger partial charge in [0.25, 0.3) is 0 Å². The molecular formula is C16H22FNO. The zero-order valence-corrected chi connectivity index (χ0v) is 11.3. The predicted octanol–water partition coefficient (Wildman–Crippen LogP) is 3.24. The second-order valence-corrected chi connectivity index (χ2v) is 5.63. The summed E-state index contributed by atoms with van der Waals surface area (Å²) >= 11 is 0. The quantitative estimate of drug-likeness (QED) is 0.847. The number of nitrogens with two attached hydrogens (primary N) is 1. The van der Waals surface area contributed by atoms with E-state index in [1.165, 1.54) is 25.0 Å². The molecule has 1 aliphatic rings. The zero-order chi connectivity index (χ0) is 13.7. The summed E-state index contributed by atoms with van der Waals surface area (Å²) in [7, 11) is 0.